The molecule has 0 atom stereocenters. The molecule has 0 unspecified atom stereocenters. The van der Waals surface area contributed by atoms with Gasteiger partial charge in [0.2, 0.25) is 0 Å². The molecule has 0 N–H and O–H groups in total. The zero-order valence-corrected chi connectivity index (χ0v) is 14.2. The van der Waals surface area contributed by atoms with Crippen molar-refractivity contribution in [3.63, 3.8) is 0 Å². The van der Waals surface area contributed by atoms with Gasteiger partial charge >= 0.3 is 0 Å². The van der Waals surface area contributed by atoms with Crippen molar-refractivity contribution in [2.24, 2.45) is 0 Å². The van der Waals surface area contributed by atoms with Gasteiger partial charge in [0.25, 0.3) is 0 Å². The highest BCUT2D eigenvalue weighted by molar-refractivity contribution is 5.28. The number of hydrogen-bond acceptors (Lipinski definition) is 0. The third-order valence-corrected chi connectivity index (χ3v) is 4.47. The minimum absolute atomic E-state index is 1.08. The molecule has 24 heavy (non-hydrogen) atoms. The predicted molar refractivity (Wildman–Crippen MR) is 103 cm³/mol. The highest BCUT2D eigenvalue weighted by Crippen LogP contribution is 2.13. The summed E-state index contributed by atoms with van der Waals surface area (Å²) in [7, 11) is 0. The van der Waals surface area contributed by atoms with Gasteiger partial charge in [-0.15, -0.1) is 0 Å². The molecular formula is C24H24. The average molecular weight is 312 g/mol. The number of hydrogen-bond donors (Lipinski definition) is 0. The zero-order valence-electron chi connectivity index (χ0n) is 14.2. The molecule has 0 fully saturated rings. The van der Waals surface area contributed by atoms with E-state index in [1.807, 2.05) is 0 Å². The summed E-state index contributed by atoms with van der Waals surface area (Å²) in [6, 6.07) is 26.1. The fourth-order valence-corrected chi connectivity index (χ4v) is 2.86. The second kappa shape index (κ2) is 7.97. The second-order valence-corrected chi connectivity index (χ2v) is 6.45. The van der Waals surface area contributed by atoms with E-state index in [9.17, 15) is 0 Å². The molecule has 0 aromatic heterocycles. The molecule has 3 aromatic rings. The predicted octanol–water partition coefficient (Wildman–Crippen LogP) is 5.62. The van der Waals surface area contributed by atoms with Crippen LogP contribution in [0.4, 0.5) is 0 Å². The van der Waals surface area contributed by atoms with Crippen molar-refractivity contribution in [3.8, 4) is 0 Å². The quantitative estimate of drug-likeness (QED) is 0.554. The van der Waals surface area contributed by atoms with Gasteiger partial charge in [0, 0.05) is 0 Å². The van der Waals surface area contributed by atoms with Gasteiger partial charge in [-0.25, -0.2) is 0 Å². The van der Waals surface area contributed by atoms with Crippen LogP contribution in [-0.4, -0.2) is 0 Å². The van der Waals surface area contributed by atoms with E-state index in [1.165, 1.54) is 22.3 Å². The summed E-state index contributed by atoms with van der Waals surface area (Å²) in [5.74, 6) is 0. The lowest BCUT2D eigenvalue weighted by Gasteiger charge is -2.06. The summed E-state index contributed by atoms with van der Waals surface area (Å²) < 4.78 is 0. The summed E-state index contributed by atoms with van der Waals surface area (Å²) >= 11 is 0. The van der Waals surface area contributed by atoms with Crippen molar-refractivity contribution < 1.29 is 0 Å². The summed E-state index contributed by atoms with van der Waals surface area (Å²) in [4.78, 5) is 0. The van der Waals surface area contributed by atoms with Gasteiger partial charge in [0.05, 0.1) is 0 Å². The van der Waals surface area contributed by atoms with Crippen LogP contribution >= 0.6 is 0 Å². The van der Waals surface area contributed by atoms with Crippen molar-refractivity contribution in [2.45, 2.75) is 25.7 Å². The van der Waals surface area contributed by atoms with E-state index in [1.54, 1.807) is 0 Å². The third-order valence-electron chi connectivity index (χ3n) is 4.47. The topological polar surface area (TPSA) is 0 Å². The molecule has 0 aliphatic rings. The molecule has 0 bridgehead atoms. The lowest BCUT2D eigenvalue weighted by molar-refractivity contribution is 0.939. The normalized spacial score (nSPS) is 10.8. The number of aryl methyl sites for hydroxylation is 4. The van der Waals surface area contributed by atoms with Gasteiger partial charge < -0.3 is 0 Å². The minimum Gasteiger partial charge on any atom is -0.0588 e. The lowest BCUT2D eigenvalue weighted by atomic mass is 10.00. The van der Waals surface area contributed by atoms with Crippen LogP contribution in [0.25, 0.3) is 0 Å². The summed E-state index contributed by atoms with van der Waals surface area (Å²) in [6.45, 7) is 7.86. The Morgan fingerprint density at radius 2 is 0.583 bits per heavy atom. The van der Waals surface area contributed by atoms with Gasteiger partial charge in [0.1, 0.15) is 0 Å². The van der Waals surface area contributed by atoms with E-state index in [-0.39, 0.29) is 0 Å². The summed E-state index contributed by atoms with van der Waals surface area (Å²) in [6.07, 6.45) is 4.33. The standard InChI is InChI=1S/C24H24/c1-19-3-7-21(8-4-19)11-13-23-15-17-24(18-16-23)14-12-22-9-5-20(2)6-10-22/h3-10,15-18H,1-2,11-14H2. The molecule has 0 heteroatoms. The fraction of sp³-hybridized carbons (Fsp3) is 0.167. The van der Waals surface area contributed by atoms with Gasteiger partial charge in [-0.3, -0.25) is 0 Å². The third kappa shape index (κ3) is 4.83. The molecule has 120 valence electrons. The first-order chi connectivity index (χ1) is 11.7. The molecule has 0 saturated heterocycles. The van der Waals surface area contributed by atoms with Crippen LogP contribution in [0, 0.1) is 13.8 Å². The summed E-state index contributed by atoms with van der Waals surface area (Å²) in [5.41, 5.74) is 7.71. The lowest BCUT2D eigenvalue weighted by Crippen LogP contribution is -1.94. The van der Waals surface area contributed by atoms with Crippen LogP contribution in [-0.2, 0) is 25.7 Å². The monoisotopic (exact) mass is 312 g/mol. The molecule has 0 spiro atoms. The van der Waals surface area contributed by atoms with Crippen molar-refractivity contribution in [2.75, 3.05) is 0 Å². The molecule has 0 amide bonds. The van der Waals surface area contributed by atoms with Crippen LogP contribution in [0.5, 0.6) is 0 Å². The van der Waals surface area contributed by atoms with Crippen LogP contribution in [0.1, 0.15) is 33.4 Å². The Morgan fingerprint density at radius 3 is 0.833 bits per heavy atom. The molecular weight excluding hydrogens is 288 g/mol. The molecule has 0 saturated carbocycles. The first-order valence-electron chi connectivity index (χ1n) is 8.59. The van der Waals surface area contributed by atoms with E-state index < -0.39 is 0 Å². The smallest absolute Gasteiger partial charge is 0.0238 e. The van der Waals surface area contributed by atoms with E-state index in [2.05, 4.69) is 86.6 Å². The zero-order chi connectivity index (χ0) is 16.8. The van der Waals surface area contributed by atoms with Crippen LogP contribution < -0.4 is 0 Å². The van der Waals surface area contributed by atoms with Crippen LogP contribution in [0.2, 0.25) is 0 Å². The first-order valence-corrected chi connectivity index (χ1v) is 8.59. The maximum atomic E-state index is 3.93. The highest BCUT2D eigenvalue weighted by Gasteiger charge is 1.99. The Morgan fingerprint density at radius 1 is 0.375 bits per heavy atom. The first kappa shape index (κ1) is 16.5. The van der Waals surface area contributed by atoms with Crippen molar-refractivity contribution in [3.05, 3.63) is 120 Å². The van der Waals surface area contributed by atoms with Gasteiger partial charge in [0.15, 0.2) is 0 Å². The average Bonchev–Trinajstić information content (AvgIpc) is 2.62. The second-order valence-electron chi connectivity index (χ2n) is 6.45. The highest BCUT2D eigenvalue weighted by atomic mass is 14.0. The molecule has 0 aliphatic heterocycles. The van der Waals surface area contributed by atoms with Crippen molar-refractivity contribution in [1.29, 1.82) is 0 Å². The van der Waals surface area contributed by atoms with E-state index >= 15 is 0 Å². The number of rotatable bonds is 6. The Balaban J connectivity index is 1.51. The van der Waals surface area contributed by atoms with E-state index in [4.69, 9.17) is 0 Å². The minimum atomic E-state index is 1.08. The van der Waals surface area contributed by atoms with Gasteiger partial charge in [-0.2, -0.15) is 0 Å². The molecule has 0 aliphatic carbocycles. The van der Waals surface area contributed by atoms with E-state index in [0.717, 1.165) is 36.8 Å². The molecule has 3 rings (SSSR count). The molecule has 3 aromatic carbocycles. The van der Waals surface area contributed by atoms with Crippen LogP contribution in [0.15, 0.2) is 72.8 Å². The van der Waals surface area contributed by atoms with Gasteiger partial charge in [-0.1, -0.05) is 72.8 Å². The number of benzene rings is 3. The largest absolute Gasteiger partial charge is 0.0588 e. The van der Waals surface area contributed by atoms with Crippen LogP contribution in [0.3, 0.4) is 0 Å². The Labute approximate surface area is 146 Å². The van der Waals surface area contributed by atoms with E-state index in [0.29, 0.717) is 0 Å². The summed E-state index contributed by atoms with van der Waals surface area (Å²) in [5, 5.41) is 0. The Bertz CT molecular complexity index is 678. The Kier molecular flexibility index (Phi) is 5.48. The van der Waals surface area contributed by atoms with Crippen molar-refractivity contribution >= 4 is 0 Å². The molecule has 2 radical (unpaired) electrons. The maximum absolute atomic E-state index is 3.93. The molecule has 0 heterocycles. The molecule has 0 nitrogen and oxygen atoms in total. The maximum Gasteiger partial charge on any atom is -0.0238 e. The SMILES string of the molecule is [CH2]c1ccc(CCc2ccc(CCc3ccc([CH2])cc3)cc2)cc1. The van der Waals surface area contributed by atoms with Gasteiger partial charge in [-0.05, 0) is 72.9 Å². The Hall–Kier alpha value is -2.34. The fourth-order valence-electron chi connectivity index (χ4n) is 2.86. The van der Waals surface area contributed by atoms with Crippen molar-refractivity contribution in [1.82, 2.24) is 0 Å².